The summed E-state index contributed by atoms with van der Waals surface area (Å²) < 4.78 is 29.8. The van der Waals surface area contributed by atoms with Gasteiger partial charge in [-0.15, -0.1) is 0 Å². The Labute approximate surface area is 114 Å². The Morgan fingerprint density at radius 2 is 1.74 bits per heavy atom. The number of hydrogen-bond donors (Lipinski definition) is 2. The maximum atomic E-state index is 12.0. The highest BCUT2D eigenvalue weighted by Crippen LogP contribution is 2.44. The number of fused-ring (bicyclic) bond motifs is 2. The Morgan fingerprint density at radius 1 is 1.16 bits per heavy atom. The van der Waals surface area contributed by atoms with Crippen LogP contribution in [-0.4, -0.2) is 31.2 Å². The Bertz CT molecular complexity index is 416. The molecular weight excluding hydrogens is 266 g/mol. The number of rotatable bonds is 4. The molecule has 5 nitrogen and oxygen atoms in total. The maximum absolute atomic E-state index is 12.0. The first-order valence-electron chi connectivity index (χ1n) is 7.06. The molecule has 0 spiro atoms. The average Bonchev–Trinajstić information content (AvgIpc) is 2.25. The van der Waals surface area contributed by atoms with Crippen LogP contribution in [0.3, 0.4) is 0 Å². The van der Waals surface area contributed by atoms with Crippen molar-refractivity contribution in [2.45, 2.75) is 39.0 Å². The van der Waals surface area contributed by atoms with Crippen molar-refractivity contribution in [3.63, 3.8) is 0 Å². The first kappa shape index (κ1) is 14.8. The van der Waals surface area contributed by atoms with Crippen molar-refractivity contribution in [3.8, 4) is 0 Å². The first-order chi connectivity index (χ1) is 8.83. The lowest BCUT2D eigenvalue weighted by atomic mass is 9.65. The number of hydrogen-bond acceptors (Lipinski definition) is 3. The first-order valence-corrected chi connectivity index (χ1v) is 8.67. The van der Waals surface area contributed by atoms with E-state index in [1.807, 2.05) is 0 Å². The molecule has 2 aliphatic rings. The van der Waals surface area contributed by atoms with Gasteiger partial charge in [0.25, 0.3) is 10.1 Å². The fraction of sp³-hybridized carbons (Fsp3) is 0.923. The van der Waals surface area contributed by atoms with E-state index in [4.69, 9.17) is 4.55 Å². The van der Waals surface area contributed by atoms with Gasteiger partial charge in [0.05, 0.1) is 5.75 Å². The minimum Gasteiger partial charge on any atom is -0.355 e. The summed E-state index contributed by atoms with van der Waals surface area (Å²) in [5.41, 5.74) is 0. The third-order valence-electron chi connectivity index (χ3n) is 4.40. The second-order valence-electron chi connectivity index (χ2n) is 6.29. The van der Waals surface area contributed by atoms with Crippen molar-refractivity contribution in [1.29, 1.82) is 0 Å². The molecule has 2 bridgehead atoms. The number of nitrogens with one attached hydrogen (secondary N) is 1. The lowest BCUT2D eigenvalue weighted by Crippen LogP contribution is -2.40. The molecule has 1 amide bonds. The van der Waals surface area contributed by atoms with Crippen LogP contribution in [0.5, 0.6) is 0 Å². The van der Waals surface area contributed by atoms with Gasteiger partial charge in [0.2, 0.25) is 5.91 Å². The van der Waals surface area contributed by atoms with Crippen LogP contribution in [0, 0.1) is 23.7 Å². The molecule has 0 aromatic rings. The Morgan fingerprint density at radius 3 is 2.26 bits per heavy atom. The molecule has 2 unspecified atom stereocenters. The fourth-order valence-electron chi connectivity index (χ4n) is 3.85. The van der Waals surface area contributed by atoms with Crippen LogP contribution in [0.2, 0.25) is 0 Å². The lowest BCUT2D eigenvalue weighted by Gasteiger charge is -2.41. The average molecular weight is 289 g/mol. The summed E-state index contributed by atoms with van der Waals surface area (Å²) in [6.07, 6.45) is 5.53. The van der Waals surface area contributed by atoms with E-state index in [-0.39, 0.29) is 18.4 Å². The van der Waals surface area contributed by atoms with Crippen molar-refractivity contribution in [3.05, 3.63) is 0 Å². The van der Waals surface area contributed by atoms with Crippen molar-refractivity contribution >= 4 is 16.0 Å². The van der Waals surface area contributed by atoms with Crippen LogP contribution in [0.1, 0.15) is 39.0 Å². The van der Waals surface area contributed by atoms with Gasteiger partial charge in [0, 0.05) is 12.5 Å². The highest BCUT2D eigenvalue weighted by molar-refractivity contribution is 7.85. The van der Waals surface area contributed by atoms with Gasteiger partial charge in [-0.3, -0.25) is 9.35 Å². The summed E-state index contributed by atoms with van der Waals surface area (Å²) in [5.74, 6) is 1.65. The monoisotopic (exact) mass is 289 g/mol. The second-order valence-corrected chi connectivity index (χ2v) is 7.86. The zero-order valence-electron chi connectivity index (χ0n) is 11.3. The van der Waals surface area contributed by atoms with Gasteiger partial charge in [-0.2, -0.15) is 8.42 Å². The van der Waals surface area contributed by atoms with Crippen molar-refractivity contribution in [1.82, 2.24) is 5.32 Å². The normalized spacial score (nSPS) is 34.8. The Balaban J connectivity index is 1.81. The Kier molecular flexibility index (Phi) is 4.50. The molecule has 0 radical (unpaired) electrons. The maximum Gasteiger partial charge on any atom is 0.266 e. The molecule has 0 aromatic carbocycles. The summed E-state index contributed by atoms with van der Waals surface area (Å²) in [4.78, 5) is 12.0. The SMILES string of the molecule is CC1CC2CC(C1)CC(C(=O)NCCS(=O)(=O)O)C2. The van der Waals surface area contributed by atoms with Gasteiger partial charge >= 0.3 is 0 Å². The van der Waals surface area contributed by atoms with E-state index in [0.29, 0.717) is 11.8 Å². The molecule has 0 heterocycles. The van der Waals surface area contributed by atoms with E-state index in [2.05, 4.69) is 12.2 Å². The number of carbonyl (C=O) groups excluding carboxylic acids is 1. The minimum atomic E-state index is -3.99. The molecule has 2 atom stereocenters. The largest absolute Gasteiger partial charge is 0.355 e. The van der Waals surface area contributed by atoms with Crippen LogP contribution >= 0.6 is 0 Å². The van der Waals surface area contributed by atoms with Gasteiger partial charge in [0.15, 0.2) is 0 Å². The van der Waals surface area contributed by atoms with Gasteiger partial charge in [0.1, 0.15) is 0 Å². The third-order valence-corrected chi connectivity index (χ3v) is 5.12. The summed E-state index contributed by atoms with van der Waals surface area (Å²) in [6.45, 7) is 2.28. The minimum absolute atomic E-state index is 0.0000965. The van der Waals surface area contributed by atoms with Crippen LogP contribution in [0.25, 0.3) is 0 Å². The molecular formula is C13H23NO4S. The van der Waals surface area contributed by atoms with E-state index in [9.17, 15) is 13.2 Å². The molecule has 110 valence electrons. The highest BCUT2D eigenvalue weighted by Gasteiger charge is 2.37. The molecule has 0 aliphatic heterocycles. The van der Waals surface area contributed by atoms with E-state index >= 15 is 0 Å². The van der Waals surface area contributed by atoms with Crippen LogP contribution < -0.4 is 5.32 Å². The van der Waals surface area contributed by atoms with Crippen LogP contribution in [0.15, 0.2) is 0 Å². The molecule has 6 heteroatoms. The molecule has 0 aromatic heterocycles. The van der Waals surface area contributed by atoms with Gasteiger partial charge < -0.3 is 5.32 Å². The zero-order valence-corrected chi connectivity index (χ0v) is 12.2. The van der Waals surface area contributed by atoms with Crippen molar-refractivity contribution < 1.29 is 17.8 Å². The standard InChI is InChI=1S/C13H23NO4S/c1-9-4-10-6-11(5-9)8-12(7-10)13(15)14-2-3-19(16,17)18/h9-12H,2-8H2,1H3,(H,14,15)(H,16,17,18). The highest BCUT2D eigenvalue weighted by atomic mass is 32.2. The van der Waals surface area contributed by atoms with E-state index in [1.165, 1.54) is 19.3 Å². The lowest BCUT2D eigenvalue weighted by molar-refractivity contribution is -0.127. The Hall–Kier alpha value is -0.620. The smallest absolute Gasteiger partial charge is 0.266 e. The molecule has 2 saturated carbocycles. The van der Waals surface area contributed by atoms with E-state index < -0.39 is 15.9 Å². The topological polar surface area (TPSA) is 83.5 Å². The molecule has 2 N–H and O–H groups in total. The predicted molar refractivity (Wildman–Crippen MR) is 72.1 cm³/mol. The molecule has 2 fully saturated rings. The summed E-state index contributed by atoms with van der Waals surface area (Å²) in [6, 6.07) is 0. The molecule has 0 saturated heterocycles. The molecule has 2 rings (SSSR count). The molecule has 19 heavy (non-hydrogen) atoms. The van der Waals surface area contributed by atoms with Gasteiger partial charge in [-0.25, -0.2) is 0 Å². The van der Waals surface area contributed by atoms with Gasteiger partial charge in [-0.05, 0) is 49.9 Å². The quantitative estimate of drug-likeness (QED) is 0.767. The summed E-state index contributed by atoms with van der Waals surface area (Å²) >= 11 is 0. The van der Waals surface area contributed by atoms with Crippen molar-refractivity contribution in [2.24, 2.45) is 23.7 Å². The predicted octanol–water partition coefficient (Wildman–Crippen LogP) is 1.45. The molecule has 2 aliphatic carbocycles. The summed E-state index contributed by atoms with van der Waals surface area (Å²) in [5, 5.41) is 2.63. The van der Waals surface area contributed by atoms with Crippen LogP contribution in [-0.2, 0) is 14.9 Å². The number of carbonyl (C=O) groups is 1. The van der Waals surface area contributed by atoms with E-state index in [1.54, 1.807) is 0 Å². The fourth-order valence-corrected chi connectivity index (χ4v) is 4.21. The second kappa shape index (κ2) is 5.79. The van der Waals surface area contributed by atoms with Crippen LogP contribution in [0.4, 0.5) is 0 Å². The zero-order chi connectivity index (χ0) is 14.0. The van der Waals surface area contributed by atoms with Gasteiger partial charge in [-0.1, -0.05) is 6.92 Å². The van der Waals surface area contributed by atoms with Crippen molar-refractivity contribution in [2.75, 3.05) is 12.3 Å². The number of amides is 1. The summed E-state index contributed by atoms with van der Waals surface area (Å²) in [7, 11) is -3.99. The van der Waals surface area contributed by atoms with E-state index in [0.717, 1.165) is 18.8 Å². The third kappa shape index (κ3) is 4.45.